The molecule has 0 spiro atoms. The first-order valence-electron chi connectivity index (χ1n) is 8.50. The fourth-order valence-corrected chi connectivity index (χ4v) is 3.33. The largest absolute Gasteiger partial charge is 0.368 e. The zero-order valence-electron chi connectivity index (χ0n) is 13.6. The van der Waals surface area contributed by atoms with Crippen molar-refractivity contribution in [3.8, 4) is 0 Å². The number of halogens is 1. The maximum Gasteiger partial charge on any atom is 0.247 e. The summed E-state index contributed by atoms with van der Waals surface area (Å²) in [6.07, 6.45) is 4.19. The molecule has 0 radical (unpaired) electrons. The molecule has 0 atom stereocenters. The monoisotopic (exact) mass is 328 g/mol. The van der Waals surface area contributed by atoms with Crippen molar-refractivity contribution in [2.24, 2.45) is 0 Å². The third kappa shape index (κ3) is 3.11. The Morgan fingerprint density at radius 2 is 1.46 bits per heavy atom. The first kappa shape index (κ1) is 15.1. The van der Waals surface area contributed by atoms with Gasteiger partial charge in [-0.15, -0.1) is 5.10 Å². The summed E-state index contributed by atoms with van der Waals surface area (Å²) < 4.78 is 13.0. The van der Waals surface area contributed by atoms with Gasteiger partial charge in [0.1, 0.15) is 5.82 Å². The molecular formula is C17H21FN6. The second-order valence-corrected chi connectivity index (χ2v) is 6.26. The summed E-state index contributed by atoms with van der Waals surface area (Å²) in [6.45, 7) is 5.50. The fourth-order valence-electron chi connectivity index (χ4n) is 3.33. The summed E-state index contributed by atoms with van der Waals surface area (Å²) in [7, 11) is 0. The van der Waals surface area contributed by atoms with Gasteiger partial charge >= 0.3 is 0 Å². The molecule has 7 heteroatoms. The highest BCUT2D eigenvalue weighted by atomic mass is 19.1. The molecule has 0 bridgehead atoms. The van der Waals surface area contributed by atoms with E-state index in [4.69, 9.17) is 4.98 Å². The van der Waals surface area contributed by atoms with Gasteiger partial charge < -0.3 is 14.7 Å². The van der Waals surface area contributed by atoms with E-state index in [-0.39, 0.29) is 5.82 Å². The van der Waals surface area contributed by atoms with Gasteiger partial charge in [-0.1, -0.05) is 0 Å². The molecule has 2 saturated heterocycles. The van der Waals surface area contributed by atoms with E-state index in [1.165, 1.54) is 25.0 Å². The molecule has 0 N–H and O–H groups in total. The maximum absolute atomic E-state index is 13.0. The van der Waals surface area contributed by atoms with Crippen molar-refractivity contribution in [2.75, 3.05) is 54.0 Å². The zero-order chi connectivity index (χ0) is 16.4. The first-order valence-corrected chi connectivity index (χ1v) is 8.50. The zero-order valence-corrected chi connectivity index (χ0v) is 13.6. The number of benzene rings is 1. The van der Waals surface area contributed by atoms with Crippen LogP contribution in [0, 0.1) is 5.82 Å². The number of nitrogens with zero attached hydrogens (tertiary/aromatic N) is 6. The summed E-state index contributed by atoms with van der Waals surface area (Å²) in [4.78, 5) is 11.4. The molecule has 1 aromatic heterocycles. The fraction of sp³-hybridized carbons (Fsp3) is 0.471. The number of anilines is 3. The molecule has 4 rings (SSSR count). The topological polar surface area (TPSA) is 48.4 Å². The van der Waals surface area contributed by atoms with Crippen molar-refractivity contribution in [3.05, 3.63) is 36.3 Å². The molecule has 2 aliphatic heterocycles. The van der Waals surface area contributed by atoms with Gasteiger partial charge in [0.25, 0.3) is 0 Å². The predicted octanol–water partition coefficient (Wildman–Crippen LogP) is 1.94. The number of aromatic nitrogens is 3. The van der Waals surface area contributed by atoms with Crippen molar-refractivity contribution < 1.29 is 4.39 Å². The minimum absolute atomic E-state index is 0.199. The van der Waals surface area contributed by atoms with Crippen LogP contribution in [0.25, 0.3) is 0 Å². The van der Waals surface area contributed by atoms with Gasteiger partial charge in [0, 0.05) is 45.0 Å². The normalized spacial score (nSPS) is 18.3. The van der Waals surface area contributed by atoms with Crippen molar-refractivity contribution >= 4 is 17.5 Å². The van der Waals surface area contributed by atoms with E-state index in [1.54, 1.807) is 6.20 Å². The Kier molecular flexibility index (Phi) is 4.15. The average Bonchev–Trinajstić information content (AvgIpc) is 3.17. The van der Waals surface area contributed by atoms with E-state index >= 15 is 0 Å². The van der Waals surface area contributed by atoms with Gasteiger partial charge in [0.15, 0.2) is 5.82 Å². The number of hydrogen-bond donors (Lipinski definition) is 0. The lowest BCUT2D eigenvalue weighted by atomic mass is 10.2. The molecule has 1 aromatic carbocycles. The van der Waals surface area contributed by atoms with E-state index in [1.807, 2.05) is 12.1 Å². The van der Waals surface area contributed by atoms with Crippen molar-refractivity contribution in [3.63, 3.8) is 0 Å². The molecule has 0 saturated carbocycles. The molecule has 24 heavy (non-hydrogen) atoms. The highest BCUT2D eigenvalue weighted by Gasteiger charge is 2.21. The Labute approximate surface area is 140 Å². The third-order valence-electron chi connectivity index (χ3n) is 4.72. The highest BCUT2D eigenvalue weighted by Crippen LogP contribution is 2.21. The summed E-state index contributed by atoms with van der Waals surface area (Å²) in [5.41, 5.74) is 1.06. The minimum Gasteiger partial charge on any atom is -0.368 e. The summed E-state index contributed by atoms with van der Waals surface area (Å²) >= 11 is 0. The molecule has 2 aromatic rings. The van der Waals surface area contributed by atoms with Crippen LogP contribution in [0.2, 0.25) is 0 Å². The molecule has 0 amide bonds. The molecule has 3 heterocycles. The summed E-state index contributed by atoms with van der Waals surface area (Å²) in [6, 6.07) is 6.68. The number of hydrogen-bond acceptors (Lipinski definition) is 6. The Morgan fingerprint density at radius 3 is 2.17 bits per heavy atom. The van der Waals surface area contributed by atoms with Gasteiger partial charge in [-0.05, 0) is 37.1 Å². The molecule has 0 aliphatic carbocycles. The van der Waals surface area contributed by atoms with Crippen LogP contribution in [0.1, 0.15) is 12.8 Å². The van der Waals surface area contributed by atoms with Crippen molar-refractivity contribution in [1.82, 2.24) is 15.2 Å². The Bertz CT molecular complexity index is 678. The van der Waals surface area contributed by atoms with Gasteiger partial charge in [-0.25, -0.2) is 4.39 Å². The second kappa shape index (κ2) is 6.59. The Balaban J connectivity index is 1.42. The maximum atomic E-state index is 13.0. The molecule has 0 unspecified atom stereocenters. The first-order chi connectivity index (χ1) is 11.8. The summed E-state index contributed by atoms with van der Waals surface area (Å²) in [5, 5.41) is 8.35. The molecular weight excluding hydrogens is 307 g/mol. The highest BCUT2D eigenvalue weighted by molar-refractivity contribution is 5.49. The van der Waals surface area contributed by atoms with Crippen LogP contribution in [0.4, 0.5) is 21.8 Å². The third-order valence-corrected chi connectivity index (χ3v) is 4.72. The van der Waals surface area contributed by atoms with E-state index in [0.717, 1.165) is 50.8 Å². The van der Waals surface area contributed by atoms with Crippen LogP contribution in [-0.2, 0) is 0 Å². The lowest BCUT2D eigenvalue weighted by molar-refractivity contribution is 0.621. The van der Waals surface area contributed by atoms with Crippen LogP contribution < -0.4 is 14.7 Å². The molecule has 126 valence electrons. The van der Waals surface area contributed by atoms with Crippen LogP contribution in [0.3, 0.4) is 0 Å². The smallest absolute Gasteiger partial charge is 0.247 e. The number of rotatable bonds is 3. The number of piperazine rings is 1. The predicted molar refractivity (Wildman–Crippen MR) is 92.1 cm³/mol. The van der Waals surface area contributed by atoms with Gasteiger partial charge in [0.2, 0.25) is 5.95 Å². The molecule has 2 fully saturated rings. The Hall–Kier alpha value is -2.44. The lowest BCUT2D eigenvalue weighted by Crippen LogP contribution is -2.47. The van der Waals surface area contributed by atoms with Crippen LogP contribution in [0.15, 0.2) is 30.5 Å². The van der Waals surface area contributed by atoms with Crippen LogP contribution >= 0.6 is 0 Å². The van der Waals surface area contributed by atoms with Crippen LogP contribution in [-0.4, -0.2) is 54.4 Å². The van der Waals surface area contributed by atoms with Crippen molar-refractivity contribution in [1.29, 1.82) is 0 Å². The van der Waals surface area contributed by atoms with Crippen molar-refractivity contribution in [2.45, 2.75) is 12.8 Å². The van der Waals surface area contributed by atoms with E-state index in [0.29, 0.717) is 5.95 Å². The van der Waals surface area contributed by atoms with Gasteiger partial charge in [-0.3, -0.25) is 0 Å². The second-order valence-electron chi connectivity index (χ2n) is 6.26. The van der Waals surface area contributed by atoms with Crippen LogP contribution in [0.5, 0.6) is 0 Å². The van der Waals surface area contributed by atoms with Gasteiger partial charge in [0.05, 0.1) is 6.20 Å². The minimum atomic E-state index is -0.199. The van der Waals surface area contributed by atoms with Gasteiger partial charge in [-0.2, -0.15) is 10.1 Å². The van der Waals surface area contributed by atoms with E-state index < -0.39 is 0 Å². The SMILES string of the molecule is Fc1ccc(N2CCN(c3nncc(N4CCCC4)n3)CC2)cc1. The standard InChI is InChI=1S/C17H21FN6/c18-14-3-5-15(6-4-14)22-9-11-24(12-10-22)17-20-16(13-19-21-17)23-7-1-2-8-23/h3-6,13H,1-2,7-12H2. The quantitative estimate of drug-likeness (QED) is 0.858. The Morgan fingerprint density at radius 1 is 0.792 bits per heavy atom. The average molecular weight is 328 g/mol. The lowest BCUT2D eigenvalue weighted by Gasteiger charge is -2.36. The summed E-state index contributed by atoms with van der Waals surface area (Å²) in [5.74, 6) is 1.44. The molecule has 6 nitrogen and oxygen atoms in total. The molecule has 2 aliphatic rings. The van der Waals surface area contributed by atoms with E-state index in [2.05, 4.69) is 24.9 Å². The van der Waals surface area contributed by atoms with E-state index in [9.17, 15) is 4.39 Å².